The van der Waals surface area contributed by atoms with Crippen LogP contribution in [0.15, 0.2) is 12.1 Å². The molecule has 0 bridgehead atoms. The van der Waals surface area contributed by atoms with E-state index in [1.807, 2.05) is 19.9 Å². The van der Waals surface area contributed by atoms with Gasteiger partial charge in [-0.05, 0) is 32.9 Å². The minimum absolute atomic E-state index is 0.215. The smallest absolute Gasteiger partial charge is 0.164 e. The highest BCUT2D eigenvalue weighted by atomic mass is 35.5. The number of hydrogen-bond acceptors (Lipinski definition) is 4. The molecule has 0 atom stereocenters. The summed E-state index contributed by atoms with van der Waals surface area (Å²) in [7, 11) is 3.30. The van der Waals surface area contributed by atoms with Gasteiger partial charge in [0.15, 0.2) is 11.5 Å². The van der Waals surface area contributed by atoms with E-state index in [9.17, 15) is 0 Å². The van der Waals surface area contributed by atoms with Crippen LogP contribution < -0.4 is 15.2 Å². The molecular formula is C15H24ClNO3. The Labute approximate surface area is 126 Å². The summed E-state index contributed by atoms with van der Waals surface area (Å²) in [6.07, 6.45) is 1.47. The second kappa shape index (κ2) is 7.72. The molecule has 1 aromatic carbocycles. The van der Waals surface area contributed by atoms with Crippen LogP contribution in [-0.4, -0.2) is 33.0 Å². The Bertz CT molecular complexity index is 435. The van der Waals surface area contributed by atoms with Gasteiger partial charge in [-0.3, -0.25) is 0 Å². The van der Waals surface area contributed by atoms with E-state index in [4.69, 9.17) is 31.5 Å². The van der Waals surface area contributed by atoms with Gasteiger partial charge in [-0.15, -0.1) is 0 Å². The lowest BCUT2D eigenvalue weighted by Crippen LogP contribution is -2.25. The van der Waals surface area contributed by atoms with Crippen LogP contribution in [-0.2, 0) is 11.2 Å². The van der Waals surface area contributed by atoms with Crippen molar-refractivity contribution in [3.63, 3.8) is 0 Å². The zero-order chi connectivity index (χ0) is 15.2. The second-order valence-electron chi connectivity index (χ2n) is 5.20. The molecule has 0 saturated heterocycles. The Hall–Kier alpha value is -0.970. The van der Waals surface area contributed by atoms with Gasteiger partial charge in [0.25, 0.3) is 0 Å². The van der Waals surface area contributed by atoms with E-state index in [0.717, 1.165) is 12.0 Å². The van der Waals surface area contributed by atoms with Gasteiger partial charge < -0.3 is 19.9 Å². The average molecular weight is 302 g/mol. The fourth-order valence-electron chi connectivity index (χ4n) is 1.78. The van der Waals surface area contributed by atoms with Crippen LogP contribution in [0, 0.1) is 0 Å². The van der Waals surface area contributed by atoms with Crippen LogP contribution in [0.2, 0.25) is 5.02 Å². The summed E-state index contributed by atoms with van der Waals surface area (Å²) in [4.78, 5) is 0. The predicted molar refractivity (Wildman–Crippen MR) is 82.0 cm³/mol. The van der Waals surface area contributed by atoms with Gasteiger partial charge in [0.05, 0.1) is 19.3 Å². The molecular weight excluding hydrogens is 278 g/mol. The number of ether oxygens (including phenoxy) is 3. The second-order valence-corrected chi connectivity index (χ2v) is 5.63. The van der Waals surface area contributed by atoms with Crippen molar-refractivity contribution in [1.29, 1.82) is 0 Å². The highest BCUT2D eigenvalue weighted by molar-refractivity contribution is 6.30. The minimum atomic E-state index is -0.215. The standard InChI is InChI=1S/C15H24ClNO3/c1-15(2,19-4)6-8-20-14-11(5-7-17)9-12(16)10-13(14)18-3/h9-10H,5-8,17H2,1-4H3. The van der Waals surface area contributed by atoms with E-state index >= 15 is 0 Å². The molecule has 0 aliphatic carbocycles. The Morgan fingerprint density at radius 3 is 2.50 bits per heavy atom. The van der Waals surface area contributed by atoms with Crippen molar-refractivity contribution >= 4 is 11.6 Å². The summed E-state index contributed by atoms with van der Waals surface area (Å²) in [5, 5.41) is 0.620. The van der Waals surface area contributed by atoms with Gasteiger partial charge in [-0.25, -0.2) is 0 Å². The maximum Gasteiger partial charge on any atom is 0.164 e. The van der Waals surface area contributed by atoms with E-state index in [-0.39, 0.29) is 5.60 Å². The summed E-state index contributed by atoms with van der Waals surface area (Å²) in [5.74, 6) is 1.35. The van der Waals surface area contributed by atoms with Crippen molar-refractivity contribution < 1.29 is 14.2 Å². The van der Waals surface area contributed by atoms with Gasteiger partial charge in [0.2, 0.25) is 0 Å². The van der Waals surface area contributed by atoms with Crippen LogP contribution in [0.25, 0.3) is 0 Å². The van der Waals surface area contributed by atoms with Crippen LogP contribution in [0.5, 0.6) is 11.5 Å². The summed E-state index contributed by atoms with van der Waals surface area (Å²) in [5.41, 5.74) is 6.38. The molecule has 1 rings (SSSR count). The van der Waals surface area contributed by atoms with Crippen molar-refractivity contribution in [3.8, 4) is 11.5 Å². The van der Waals surface area contributed by atoms with Gasteiger partial charge in [0, 0.05) is 30.2 Å². The third kappa shape index (κ3) is 4.85. The number of hydrogen-bond donors (Lipinski definition) is 1. The quantitative estimate of drug-likeness (QED) is 0.802. The van der Waals surface area contributed by atoms with E-state index in [0.29, 0.717) is 36.1 Å². The molecule has 20 heavy (non-hydrogen) atoms. The molecule has 0 saturated carbocycles. The Morgan fingerprint density at radius 1 is 1.25 bits per heavy atom. The molecule has 0 aliphatic heterocycles. The number of rotatable bonds is 8. The number of nitrogens with two attached hydrogens (primary N) is 1. The monoisotopic (exact) mass is 301 g/mol. The first-order valence-corrected chi connectivity index (χ1v) is 7.05. The van der Waals surface area contributed by atoms with Crippen molar-refractivity contribution in [2.24, 2.45) is 5.73 Å². The minimum Gasteiger partial charge on any atom is -0.493 e. The maximum atomic E-state index is 6.07. The number of benzene rings is 1. The molecule has 0 fully saturated rings. The SMILES string of the molecule is COc1cc(Cl)cc(CCN)c1OCCC(C)(C)OC. The van der Waals surface area contributed by atoms with Crippen LogP contribution >= 0.6 is 11.6 Å². The molecule has 0 heterocycles. The molecule has 0 radical (unpaired) electrons. The maximum absolute atomic E-state index is 6.07. The van der Waals surface area contributed by atoms with E-state index < -0.39 is 0 Å². The van der Waals surface area contributed by atoms with Crippen molar-refractivity contribution in [3.05, 3.63) is 22.7 Å². The summed E-state index contributed by atoms with van der Waals surface area (Å²) in [6, 6.07) is 3.62. The highest BCUT2D eigenvalue weighted by Crippen LogP contribution is 2.35. The Balaban J connectivity index is 2.86. The zero-order valence-electron chi connectivity index (χ0n) is 12.7. The lowest BCUT2D eigenvalue weighted by Gasteiger charge is -2.23. The van der Waals surface area contributed by atoms with Gasteiger partial charge in [-0.1, -0.05) is 11.6 Å². The molecule has 5 heteroatoms. The molecule has 114 valence electrons. The van der Waals surface area contributed by atoms with Gasteiger partial charge in [0.1, 0.15) is 0 Å². The molecule has 0 unspecified atom stereocenters. The highest BCUT2D eigenvalue weighted by Gasteiger charge is 2.18. The third-order valence-corrected chi connectivity index (χ3v) is 3.45. The fourth-order valence-corrected chi connectivity index (χ4v) is 2.01. The first-order valence-electron chi connectivity index (χ1n) is 6.68. The van der Waals surface area contributed by atoms with E-state index in [2.05, 4.69) is 0 Å². The fraction of sp³-hybridized carbons (Fsp3) is 0.600. The van der Waals surface area contributed by atoms with E-state index in [1.165, 1.54) is 0 Å². The van der Waals surface area contributed by atoms with Crippen molar-refractivity contribution in [2.45, 2.75) is 32.3 Å². The third-order valence-electron chi connectivity index (χ3n) is 3.23. The molecule has 2 N–H and O–H groups in total. The molecule has 0 aromatic heterocycles. The summed E-state index contributed by atoms with van der Waals surface area (Å²) in [6.45, 7) is 5.12. The molecule has 1 aromatic rings. The average Bonchev–Trinajstić information content (AvgIpc) is 2.40. The van der Waals surface area contributed by atoms with Crippen LogP contribution in [0.1, 0.15) is 25.8 Å². The topological polar surface area (TPSA) is 53.7 Å². The van der Waals surface area contributed by atoms with Crippen molar-refractivity contribution in [1.82, 2.24) is 0 Å². The molecule has 0 amide bonds. The van der Waals surface area contributed by atoms with E-state index in [1.54, 1.807) is 20.3 Å². The first-order chi connectivity index (χ1) is 9.43. The Morgan fingerprint density at radius 2 is 1.95 bits per heavy atom. The normalized spacial score (nSPS) is 11.5. The van der Waals surface area contributed by atoms with Gasteiger partial charge in [-0.2, -0.15) is 0 Å². The first kappa shape index (κ1) is 17.1. The number of methoxy groups -OCH3 is 2. The predicted octanol–water partition coefficient (Wildman–Crippen LogP) is 3.04. The van der Waals surface area contributed by atoms with Crippen molar-refractivity contribution in [2.75, 3.05) is 27.4 Å². The summed E-state index contributed by atoms with van der Waals surface area (Å²) < 4.78 is 16.6. The van der Waals surface area contributed by atoms with Gasteiger partial charge >= 0.3 is 0 Å². The van der Waals surface area contributed by atoms with Crippen LogP contribution in [0.3, 0.4) is 0 Å². The zero-order valence-corrected chi connectivity index (χ0v) is 13.4. The largest absolute Gasteiger partial charge is 0.493 e. The Kier molecular flexibility index (Phi) is 6.59. The molecule has 4 nitrogen and oxygen atoms in total. The summed E-state index contributed by atoms with van der Waals surface area (Å²) >= 11 is 6.07. The number of halogens is 1. The molecule has 0 spiro atoms. The lowest BCUT2D eigenvalue weighted by atomic mass is 10.1. The van der Waals surface area contributed by atoms with Crippen LogP contribution in [0.4, 0.5) is 0 Å². The lowest BCUT2D eigenvalue weighted by molar-refractivity contribution is 0.00517. The molecule has 0 aliphatic rings.